The smallest absolute Gasteiger partial charge is 0.224 e. The molecule has 0 aliphatic rings. The first-order valence-electron chi connectivity index (χ1n) is 7.81. The molecule has 0 aliphatic carbocycles. The molecule has 0 saturated carbocycles. The standard InChI is InChI=1S/C17H15N7O2/c1-9-5-6-13(26-9)16-23-17(19)22-15-11(7-20-24(15)16)14(18)12-4-2-3-10(8-25)21-12/h2-7,18,25H,8H2,1H3,(H2,19,22). The van der Waals surface area contributed by atoms with Gasteiger partial charge in [-0.25, -0.2) is 4.98 Å². The second-order valence-corrected chi connectivity index (χ2v) is 5.66. The number of hydrogen-bond acceptors (Lipinski definition) is 8. The molecule has 26 heavy (non-hydrogen) atoms. The summed E-state index contributed by atoms with van der Waals surface area (Å²) in [4.78, 5) is 12.7. The summed E-state index contributed by atoms with van der Waals surface area (Å²) in [6.45, 7) is 1.63. The van der Waals surface area contributed by atoms with E-state index in [1.165, 1.54) is 10.7 Å². The molecular formula is C17H15N7O2. The number of aliphatic hydroxyl groups excluding tert-OH is 1. The van der Waals surface area contributed by atoms with Gasteiger partial charge in [0.05, 0.1) is 35.5 Å². The lowest BCUT2D eigenvalue weighted by Gasteiger charge is -2.05. The van der Waals surface area contributed by atoms with Crippen LogP contribution in [0.15, 0.2) is 40.9 Å². The van der Waals surface area contributed by atoms with Crippen LogP contribution in [0.2, 0.25) is 0 Å². The molecule has 4 aromatic heterocycles. The number of nitrogen functional groups attached to an aromatic ring is 1. The molecule has 4 aromatic rings. The Balaban J connectivity index is 1.87. The fourth-order valence-corrected chi connectivity index (χ4v) is 2.63. The normalized spacial score (nSPS) is 11.2. The quantitative estimate of drug-likeness (QED) is 0.475. The molecule has 130 valence electrons. The van der Waals surface area contributed by atoms with Crippen LogP contribution in [0.5, 0.6) is 0 Å². The van der Waals surface area contributed by atoms with E-state index in [2.05, 4.69) is 20.1 Å². The monoisotopic (exact) mass is 349 g/mol. The Morgan fingerprint density at radius 1 is 1.23 bits per heavy atom. The van der Waals surface area contributed by atoms with Gasteiger partial charge in [0.15, 0.2) is 11.4 Å². The molecule has 0 fully saturated rings. The summed E-state index contributed by atoms with van der Waals surface area (Å²) in [7, 11) is 0. The van der Waals surface area contributed by atoms with E-state index in [0.29, 0.717) is 34.2 Å². The molecule has 9 nitrogen and oxygen atoms in total. The van der Waals surface area contributed by atoms with Crippen molar-refractivity contribution >= 4 is 17.3 Å². The Morgan fingerprint density at radius 2 is 2.08 bits per heavy atom. The van der Waals surface area contributed by atoms with E-state index in [9.17, 15) is 5.11 Å². The first-order chi connectivity index (χ1) is 12.6. The molecule has 4 N–H and O–H groups in total. The van der Waals surface area contributed by atoms with Crippen molar-refractivity contribution in [2.75, 3.05) is 5.73 Å². The summed E-state index contributed by atoms with van der Waals surface area (Å²) in [6, 6.07) is 8.69. The van der Waals surface area contributed by atoms with E-state index >= 15 is 0 Å². The van der Waals surface area contributed by atoms with Gasteiger partial charge in [-0.3, -0.25) is 5.41 Å². The molecule has 0 radical (unpaired) electrons. The van der Waals surface area contributed by atoms with E-state index in [4.69, 9.17) is 15.6 Å². The molecule has 0 atom stereocenters. The van der Waals surface area contributed by atoms with Gasteiger partial charge in [0.2, 0.25) is 11.8 Å². The van der Waals surface area contributed by atoms with Gasteiger partial charge in [-0.1, -0.05) is 6.07 Å². The van der Waals surface area contributed by atoms with Crippen molar-refractivity contribution in [3.8, 4) is 11.6 Å². The van der Waals surface area contributed by atoms with Crippen LogP contribution in [-0.2, 0) is 6.61 Å². The van der Waals surface area contributed by atoms with E-state index in [0.717, 1.165) is 5.76 Å². The number of nitrogens with two attached hydrogens (primary N) is 1. The SMILES string of the molecule is Cc1ccc(-c2nc(N)nc3c(C(=N)c4cccc(CO)n4)cnn23)o1. The van der Waals surface area contributed by atoms with Gasteiger partial charge in [0, 0.05) is 0 Å². The van der Waals surface area contributed by atoms with Crippen LogP contribution in [0.3, 0.4) is 0 Å². The second kappa shape index (κ2) is 6.05. The predicted octanol–water partition coefficient (Wildman–Crippen LogP) is 1.58. The minimum Gasteiger partial charge on any atom is -0.458 e. The molecule has 0 saturated heterocycles. The molecule has 4 heterocycles. The van der Waals surface area contributed by atoms with Crippen LogP contribution in [0.25, 0.3) is 17.2 Å². The third kappa shape index (κ3) is 2.60. The minimum atomic E-state index is -0.201. The molecule has 0 spiro atoms. The van der Waals surface area contributed by atoms with Crippen LogP contribution in [0.4, 0.5) is 5.95 Å². The van der Waals surface area contributed by atoms with Gasteiger partial charge in [0.25, 0.3) is 0 Å². The number of aryl methyl sites for hydroxylation is 1. The number of pyridine rings is 1. The zero-order chi connectivity index (χ0) is 18.3. The lowest BCUT2D eigenvalue weighted by Crippen LogP contribution is -2.08. The van der Waals surface area contributed by atoms with E-state index in [-0.39, 0.29) is 18.3 Å². The van der Waals surface area contributed by atoms with Gasteiger partial charge >= 0.3 is 0 Å². The van der Waals surface area contributed by atoms with Crippen LogP contribution >= 0.6 is 0 Å². The zero-order valence-corrected chi connectivity index (χ0v) is 13.8. The summed E-state index contributed by atoms with van der Waals surface area (Å²) in [6.07, 6.45) is 1.51. The van der Waals surface area contributed by atoms with E-state index in [1.807, 2.05) is 13.0 Å². The maximum absolute atomic E-state index is 9.25. The number of nitrogens with one attached hydrogen (secondary N) is 1. The Hall–Kier alpha value is -3.59. The van der Waals surface area contributed by atoms with Gasteiger partial charge in [-0.05, 0) is 31.2 Å². The fourth-order valence-electron chi connectivity index (χ4n) is 2.63. The maximum Gasteiger partial charge on any atom is 0.224 e. The van der Waals surface area contributed by atoms with Crippen molar-refractivity contribution < 1.29 is 9.52 Å². The third-order valence-electron chi connectivity index (χ3n) is 3.84. The van der Waals surface area contributed by atoms with Crippen molar-refractivity contribution in [3.05, 3.63) is 59.2 Å². The van der Waals surface area contributed by atoms with E-state index in [1.54, 1.807) is 24.3 Å². The third-order valence-corrected chi connectivity index (χ3v) is 3.84. The van der Waals surface area contributed by atoms with Gasteiger partial charge < -0.3 is 15.3 Å². The molecule has 0 amide bonds. The number of hydrogen-bond donors (Lipinski definition) is 3. The Morgan fingerprint density at radius 3 is 2.81 bits per heavy atom. The summed E-state index contributed by atoms with van der Waals surface area (Å²) >= 11 is 0. The van der Waals surface area contributed by atoms with Crippen molar-refractivity contribution in [3.63, 3.8) is 0 Å². The highest BCUT2D eigenvalue weighted by atomic mass is 16.3. The highest BCUT2D eigenvalue weighted by molar-refractivity contribution is 6.13. The molecule has 0 unspecified atom stereocenters. The van der Waals surface area contributed by atoms with E-state index < -0.39 is 0 Å². The summed E-state index contributed by atoms with van der Waals surface area (Å²) in [5.74, 6) is 1.68. The Bertz CT molecular complexity index is 1130. The van der Waals surface area contributed by atoms with Crippen LogP contribution in [0.1, 0.15) is 22.7 Å². The van der Waals surface area contributed by atoms with Crippen molar-refractivity contribution in [2.24, 2.45) is 0 Å². The van der Waals surface area contributed by atoms with Crippen LogP contribution in [0, 0.1) is 12.3 Å². The number of aliphatic hydroxyl groups is 1. The molecule has 0 bridgehead atoms. The van der Waals surface area contributed by atoms with Gasteiger partial charge in [0.1, 0.15) is 5.76 Å². The maximum atomic E-state index is 9.25. The number of nitrogens with zero attached hydrogens (tertiary/aromatic N) is 5. The number of rotatable bonds is 4. The van der Waals surface area contributed by atoms with Crippen molar-refractivity contribution in [1.29, 1.82) is 5.41 Å². The number of aromatic nitrogens is 5. The van der Waals surface area contributed by atoms with Crippen molar-refractivity contribution in [2.45, 2.75) is 13.5 Å². The average molecular weight is 349 g/mol. The topological polar surface area (TPSA) is 139 Å². The Labute approximate surface area is 147 Å². The van der Waals surface area contributed by atoms with Crippen molar-refractivity contribution in [1.82, 2.24) is 24.6 Å². The first-order valence-corrected chi connectivity index (χ1v) is 7.81. The summed E-state index contributed by atoms with van der Waals surface area (Å²) < 4.78 is 7.10. The molecule has 0 aromatic carbocycles. The predicted molar refractivity (Wildman–Crippen MR) is 93.7 cm³/mol. The largest absolute Gasteiger partial charge is 0.458 e. The second-order valence-electron chi connectivity index (χ2n) is 5.66. The molecular weight excluding hydrogens is 334 g/mol. The molecule has 0 aliphatic heterocycles. The lowest BCUT2D eigenvalue weighted by atomic mass is 10.1. The molecule has 9 heteroatoms. The lowest BCUT2D eigenvalue weighted by molar-refractivity contribution is 0.277. The summed E-state index contributed by atoms with van der Waals surface area (Å²) in [5.41, 5.74) is 7.68. The number of furan rings is 1. The van der Waals surface area contributed by atoms with Gasteiger partial charge in [-0.15, -0.1) is 0 Å². The summed E-state index contributed by atoms with van der Waals surface area (Å²) in [5, 5.41) is 22.0. The zero-order valence-electron chi connectivity index (χ0n) is 13.8. The number of anilines is 1. The van der Waals surface area contributed by atoms with Crippen LogP contribution < -0.4 is 5.73 Å². The average Bonchev–Trinajstić information content (AvgIpc) is 3.26. The first kappa shape index (κ1) is 15.9. The Kier molecular flexibility index (Phi) is 3.70. The fraction of sp³-hybridized carbons (Fsp3) is 0.118. The molecule has 4 rings (SSSR count). The highest BCUT2D eigenvalue weighted by Gasteiger charge is 2.19. The highest BCUT2D eigenvalue weighted by Crippen LogP contribution is 2.23. The minimum absolute atomic E-state index is 0.0492. The van der Waals surface area contributed by atoms with Crippen LogP contribution in [-0.4, -0.2) is 35.4 Å². The van der Waals surface area contributed by atoms with Gasteiger partial charge in [-0.2, -0.15) is 19.6 Å². The number of fused-ring (bicyclic) bond motifs is 1.